The van der Waals surface area contributed by atoms with Crippen molar-refractivity contribution in [1.29, 1.82) is 0 Å². The first-order valence-electron chi connectivity index (χ1n) is 20.5. The molecule has 0 saturated heterocycles. The molecule has 0 atom stereocenters. The maximum Gasteiger partial charge on any atom is 0.0159 e. The van der Waals surface area contributed by atoms with E-state index in [1.165, 1.54) is 111 Å². The van der Waals surface area contributed by atoms with E-state index in [-0.39, 0.29) is 16.2 Å². The first kappa shape index (κ1) is 34.0. The summed E-state index contributed by atoms with van der Waals surface area (Å²) in [5, 5.41) is 0. The molecule has 0 saturated carbocycles. The smallest absolute Gasteiger partial charge is 0.0159 e. The Labute approximate surface area is 337 Å². The fraction of sp³-hybridized carbons (Fsp3) is 0.158. The molecule has 0 N–H and O–H groups in total. The second-order valence-electron chi connectivity index (χ2n) is 18.2. The van der Waals surface area contributed by atoms with Gasteiger partial charge in [0, 0.05) is 16.2 Å². The van der Waals surface area contributed by atoms with Crippen LogP contribution in [0.4, 0.5) is 0 Å². The number of benzene rings is 8. The van der Waals surface area contributed by atoms with Gasteiger partial charge in [-0.05, 0) is 148 Å². The summed E-state index contributed by atoms with van der Waals surface area (Å²) in [6.07, 6.45) is 0. The maximum atomic E-state index is 2.47. The molecule has 0 spiro atoms. The molecule has 0 heterocycles. The van der Waals surface area contributed by atoms with Crippen molar-refractivity contribution in [3.8, 4) is 77.9 Å². The molecular formula is C57H46. The quantitative estimate of drug-likeness (QED) is 0.169. The first-order valence-corrected chi connectivity index (χ1v) is 20.5. The highest BCUT2D eigenvalue weighted by atomic mass is 14.4. The van der Waals surface area contributed by atoms with Crippen molar-refractivity contribution in [2.75, 3.05) is 0 Å². The summed E-state index contributed by atoms with van der Waals surface area (Å²) in [5.41, 5.74) is 26.5. The van der Waals surface area contributed by atoms with Gasteiger partial charge in [0.1, 0.15) is 0 Å². The van der Waals surface area contributed by atoms with Crippen molar-refractivity contribution in [3.05, 3.63) is 203 Å². The lowest BCUT2D eigenvalue weighted by atomic mass is 9.79. The van der Waals surface area contributed by atoms with Gasteiger partial charge in [-0.3, -0.25) is 0 Å². The van der Waals surface area contributed by atoms with E-state index in [0.717, 1.165) is 0 Å². The summed E-state index contributed by atoms with van der Waals surface area (Å²) in [6, 6.07) is 64.3. The van der Waals surface area contributed by atoms with Crippen LogP contribution in [0.3, 0.4) is 0 Å². The van der Waals surface area contributed by atoms with Crippen molar-refractivity contribution in [1.82, 2.24) is 0 Å². The molecule has 8 aromatic rings. The third kappa shape index (κ3) is 4.93. The molecule has 0 aromatic heterocycles. The van der Waals surface area contributed by atoms with Crippen LogP contribution in [0.2, 0.25) is 0 Å². The van der Waals surface area contributed by atoms with E-state index in [0.29, 0.717) is 0 Å². The van der Waals surface area contributed by atoms with Crippen molar-refractivity contribution >= 4 is 0 Å². The third-order valence-electron chi connectivity index (χ3n) is 13.9. The summed E-state index contributed by atoms with van der Waals surface area (Å²) in [6.45, 7) is 14.3. The average molecular weight is 731 g/mol. The minimum atomic E-state index is -0.130. The van der Waals surface area contributed by atoms with Gasteiger partial charge in [0.2, 0.25) is 0 Å². The van der Waals surface area contributed by atoms with Crippen molar-refractivity contribution < 1.29 is 0 Å². The number of hydrogen-bond donors (Lipinski definition) is 0. The van der Waals surface area contributed by atoms with Crippen LogP contribution in [0.1, 0.15) is 74.9 Å². The van der Waals surface area contributed by atoms with E-state index < -0.39 is 0 Å². The lowest BCUT2D eigenvalue weighted by Crippen LogP contribution is -2.15. The van der Waals surface area contributed by atoms with Gasteiger partial charge in [-0.1, -0.05) is 175 Å². The molecule has 57 heavy (non-hydrogen) atoms. The highest BCUT2D eigenvalue weighted by molar-refractivity contribution is 5.89. The fourth-order valence-electron chi connectivity index (χ4n) is 10.6. The Morgan fingerprint density at radius 2 is 0.491 bits per heavy atom. The van der Waals surface area contributed by atoms with Gasteiger partial charge < -0.3 is 0 Å². The molecule has 0 aliphatic heterocycles. The first-order chi connectivity index (χ1) is 27.5. The van der Waals surface area contributed by atoms with Gasteiger partial charge in [0.25, 0.3) is 0 Å². The molecule has 0 fully saturated rings. The summed E-state index contributed by atoms with van der Waals surface area (Å²) < 4.78 is 0. The second-order valence-corrected chi connectivity index (χ2v) is 18.2. The highest BCUT2D eigenvalue weighted by Crippen LogP contribution is 2.54. The second kappa shape index (κ2) is 11.9. The third-order valence-corrected chi connectivity index (χ3v) is 13.9. The van der Waals surface area contributed by atoms with Crippen LogP contribution in [0.25, 0.3) is 77.9 Å². The summed E-state index contributed by atoms with van der Waals surface area (Å²) >= 11 is 0. The average Bonchev–Trinajstić information content (AvgIpc) is 3.72. The molecule has 0 heteroatoms. The van der Waals surface area contributed by atoms with E-state index >= 15 is 0 Å². The SMILES string of the molecule is CC1(C)c2ccccc2-c2ccc(-c3cccc(-c4ccc5c(c4)C(C)(C)c4cc(-c6ccc7c(c6)C(C)(C)c6cc(-c8ccccc8)ccc6-7)ccc4-5)c3)cc21. The minimum absolute atomic E-state index is 0.0177. The molecule has 8 aromatic carbocycles. The zero-order valence-electron chi connectivity index (χ0n) is 33.7. The standard InChI is InChI=1S/C57H46/c1-55(2)49-18-11-10-17-43(49)44-25-20-39(31-50(44)55)36-15-12-16-37(29-36)40-21-26-46-48-28-23-42(34-54(48)57(5,6)52(46)32-40)41-22-27-47-45-24-19-38(35-13-8-7-9-14-35)30-51(45)56(3,4)53(47)33-41/h7-34H,1-6H3. The normalized spacial score (nSPS) is 15.6. The van der Waals surface area contributed by atoms with E-state index in [2.05, 4.69) is 211 Å². The summed E-state index contributed by atoms with van der Waals surface area (Å²) in [5.74, 6) is 0. The van der Waals surface area contributed by atoms with Crippen LogP contribution in [-0.2, 0) is 16.2 Å². The number of hydrogen-bond acceptors (Lipinski definition) is 0. The molecular weight excluding hydrogens is 685 g/mol. The molecule has 0 unspecified atom stereocenters. The zero-order valence-corrected chi connectivity index (χ0v) is 33.7. The Balaban J connectivity index is 0.910. The predicted molar refractivity (Wildman–Crippen MR) is 241 cm³/mol. The predicted octanol–water partition coefficient (Wildman–Crippen LogP) is 15.3. The Morgan fingerprint density at radius 3 is 0.895 bits per heavy atom. The van der Waals surface area contributed by atoms with Crippen LogP contribution in [0.5, 0.6) is 0 Å². The Hall–Kier alpha value is -6.24. The molecule has 3 aliphatic carbocycles. The molecule has 0 amide bonds. The molecule has 0 radical (unpaired) electrons. The number of fused-ring (bicyclic) bond motifs is 9. The zero-order chi connectivity index (χ0) is 38.8. The lowest BCUT2D eigenvalue weighted by molar-refractivity contribution is 0.660. The van der Waals surface area contributed by atoms with Crippen molar-refractivity contribution in [3.63, 3.8) is 0 Å². The van der Waals surface area contributed by atoms with Crippen molar-refractivity contribution in [2.45, 2.75) is 57.8 Å². The Morgan fingerprint density at radius 1 is 0.211 bits per heavy atom. The molecule has 274 valence electrons. The topological polar surface area (TPSA) is 0 Å². The summed E-state index contributed by atoms with van der Waals surface area (Å²) in [7, 11) is 0. The van der Waals surface area contributed by atoms with Gasteiger partial charge >= 0.3 is 0 Å². The van der Waals surface area contributed by atoms with Gasteiger partial charge in [-0.2, -0.15) is 0 Å². The summed E-state index contributed by atoms with van der Waals surface area (Å²) in [4.78, 5) is 0. The molecule has 0 nitrogen and oxygen atoms in total. The van der Waals surface area contributed by atoms with Crippen molar-refractivity contribution in [2.24, 2.45) is 0 Å². The Kier molecular flexibility index (Phi) is 7.10. The Bertz CT molecular complexity index is 2970. The van der Waals surface area contributed by atoms with Crippen LogP contribution in [-0.4, -0.2) is 0 Å². The maximum absolute atomic E-state index is 2.47. The van der Waals surface area contributed by atoms with Gasteiger partial charge in [0.05, 0.1) is 0 Å². The lowest BCUT2D eigenvalue weighted by Gasteiger charge is -2.24. The van der Waals surface area contributed by atoms with Crippen LogP contribution in [0.15, 0.2) is 170 Å². The highest BCUT2D eigenvalue weighted by Gasteiger charge is 2.38. The number of rotatable bonds is 4. The van der Waals surface area contributed by atoms with E-state index in [4.69, 9.17) is 0 Å². The van der Waals surface area contributed by atoms with E-state index in [1.54, 1.807) is 0 Å². The molecule has 0 bridgehead atoms. The molecule has 11 rings (SSSR count). The largest absolute Gasteiger partial charge is 0.0622 e. The van der Waals surface area contributed by atoms with E-state index in [1.807, 2.05) is 0 Å². The van der Waals surface area contributed by atoms with Crippen LogP contribution >= 0.6 is 0 Å². The van der Waals surface area contributed by atoms with Crippen LogP contribution < -0.4 is 0 Å². The van der Waals surface area contributed by atoms with Crippen LogP contribution in [0, 0.1) is 0 Å². The molecule has 3 aliphatic rings. The van der Waals surface area contributed by atoms with Gasteiger partial charge in [0.15, 0.2) is 0 Å². The fourth-order valence-corrected chi connectivity index (χ4v) is 10.6. The minimum Gasteiger partial charge on any atom is -0.0622 e. The van der Waals surface area contributed by atoms with Gasteiger partial charge in [-0.25, -0.2) is 0 Å². The van der Waals surface area contributed by atoms with Gasteiger partial charge in [-0.15, -0.1) is 0 Å². The monoisotopic (exact) mass is 730 g/mol. The van der Waals surface area contributed by atoms with E-state index in [9.17, 15) is 0 Å².